The van der Waals surface area contributed by atoms with Crippen LogP contribution in [-0.4, -0.2) is 16.0 Å². The van der Waals surface area contributed by atoms with Gasteiger partial charge in [-0.15, -0.1) is 0 Å². The molecule has 0 aliphatic rings. The van der Waals surface area contributed by atoms with Crippen molar-refractivity contribution in [2.45, 2.75) is 6.92 Å². The summed E-state index contributed by atoms with van der Waals surface area (Å²) in [5, 5.41) is 5.47. The van der Waals surface area contributed by atoms with E-state index in [0.29, 0.717) is 0 Å². The number of aromatic amines is 1. The first-order valence-corrected chi connectivity index (χ1v) is 4.39. The van der Waals surface area contributed by atoms with E-state index in [1.54, 1.807) is 0 Å². The highest BCUT2D eigenvalue weighted by Crippen LogP contribution is 2.17. The molecule has 0 saturated carbocycles. The minimum atomic E-state index is -1.14. The van der Waals surface area contributed by atoms with Crippen LogP contribution >= 0.6 is 0 Å². The molecule has 1 heterocycles. The van der Waals surface area contributed by atoms with Gasteiger partial charge in [0.25, 0.3) is 5.56 Å². The highest BCUT2D eigenvalue weighted by molar-refractivity contribution is 6.04. The van der Waals surface area contributed by atoms with E-state index in [1.165, 1.54) is 6.92 Å². The van der Waals surface area contributed by atoms with E-state index in [1.807, 2.05) is 0 Å². The van der Waals surface area contributed by atoms with Crippen LogP contribution in [0.5, 0.6) is 0 Å². The molecule has 0 amide bonds. The first-order chi connectivity index (χ1) is 7.50. The van der Waals surface area contributed by atoms with Gasteiger partial charge in [0, 0.05) is 12.3 Å². The fourth-order valence-electron chi connectivity index (χ4n) is 1.43. The van der Waals surface area contributed by atoms with Crippen LogP contribution in [-0.2, 0) is 0 Å². The summed E-state index contributed by atoms with van der Waals surface area (Å²) in [6.45, 7) is 1.22. The van der Waals surface area contributed by atoms with E-state index in [0.717, 1.165) is 12.1 Å². The monoisotopic (exact) mass is 224 g/mol. The summed E-state index contributed by atoms with van der Waals surface area (Å²) in [5.41, 5.74) is -0.757. The summed E-state index contributed by atoms with van der Waals surface area (Å²) in [6.07, 6.45) is 0. The lowest BCUT2D eigenvalue weighted by atomic mass is 10.1. The molecule has 0 saturated heterocycles. The molecule has 1 N–H and O–H groups in total. The van der Waals surface area contributed by atoms with E-state index >= 15 is 0 Å². The maximum Gasteiger partial charge on any atom is 0.272 e. The number of benzene rings is 1. The van der Waals surface area contributed by atoms with Crippen LogP contribution in [0.25, 0.3) is 10.8 Å². The largest absolute Gasteiger partial charge is 0.293 e. The molecule has 6 heteroatoms. The number of nitrogens with zero attached hydrogens (tertiary/aromatic N) is 1. The Kier molecular flexibility index (Phi) is 2.26. The van der Waals surface area contributed by atoms with Crippen molar-refractivity contribution in [3.63, 3.8) is 0 Å². The fourth-order valence-corrected chi connectivity index (χ4v) is 1.43. The molecular formula is C10H6F2N2O2. The van der Waals surface area contributed by atoms with Gasteiger partial charge in [-0.05, 0) is 12.1 Å². The summed E-state index contributed by atoms with van der Waals surface area (Å²) in [4.78, 5) is 22.5. The molecule has 0 fully saturated rings. The van der Waals surface area contributed by atoms with Crippen molar-refractivity contribution in [2.24, 2.45) is 0 Å². The summed E-state index contributed by atoms with van der Waals surface area (Å²) < 4.78 is 25.9. The molecule has 4 nitrogen and oxygen atoms in total. The quantitative estimate of drug-likeness (QED) is 0.745. The number of carbonyl (C=O) groups excluding carboxylic acids is 1. The van der Waals surface area contributed by atoms with Gasteiger partial charge in [0.2, 0.25) is 0 Å². The Morgan fingerprint density at radius 2 is 1.81 bits per heavy atom. The predicted molar refractivity (Wildman–Crippen MR) is 52.3 cm³/mol. The number of nitrogens with one attached hydrogen (secondary N) is 1. The highest BCUT2D eigenvalue weighted by Gasteiger charge is 2.13. The molecule has 16 heavy (non-hydrogen) atoms. The molecular weight excluding hydrogens is 218 g/mol. The first kappa shape index (κ1) is 10.4. The van der Waals surface area contributed by atoms with Gasteiger partial charge in [0.1, 0.15) is 5.69 Å². The molecule has 1 aromatic carbocycles. The van der Waals surface area contributed by atoms with Gasteiger partial charge in [-0.3, -0.25) is 9.59 Å². The zero-order chi connectivity index (χ0) is 11.9. The van der Waals surface area contributed by atoms with Gasteiger partial charge in [-0.25, -0.2) is 13.9 Å². The zero-order valence-corrected chi connectivity index (χ0v) is 8.17. The van der Waals surface area contributed by atoms with E-state index < -0.39 is 23.0 Å². The number of Topliss-reactive ketones (excluding diaryl/α,β-unsaturated/α-hetero) is 1. The molecule has 0 unspecified atom stereocenters. The molecule has 0 aliphatic heterocycles. The van der Waals surface area contributed by atoms with Crippen LogP contribution in [0.4, 0.5) is 8.78 Å². The van der Waals surface area contributed by atoms with E-state index in [4.69, 9.17) is 0 Å². The van der Waals surface area contributed by atoms with E-state index in [2.05, 4.69) is 10.2 Å². The van der Waals surface area contributed by atoms with Gasteiger partial charge in [-0.1, -0.05) is 0 Å². The van der Waals surface area contributed by atoms with Gasteiger partial charge in [0.05, 0.1) is 5.39 Å². The molecule has 0 spiro atoms. The number of fused-ring (bicyclic) bond motifs is 1. The Bertz CT molecular complexity index is 649. The minimum Gasteiger partial charge on any atom is -0.293 e. The Balaban J connectivity index is 2.99. The second kappa shape index (κ2) is 3.48. The average Bonchev–Trinajstić information content (AvgIpc) is 2.21. The first-order valence-electron chi connectivity index (χ1n) is 4.39. The van der Waals surface area contributed by atoms with E-state index in [-0.39, 0.29) is 16.5 Å². The van der Waals surface area contributed by atoms with Crippen molar-refractivity contribution in [1.82, 2.24) is 10.2 Å². The normalized spacial score (nSPS) is 10.7. The number of carbonyl (C=O) groups is 1. The van der Waals surface area contributed by atoms with Crippen LogP contribution in [0, 0.1) is 11.6 Å². The van der Waals surface area contributed by atoms with Crippen LogP contribution in [0.2, 0.25) is 0 Å². The lowest BCUT2D eigenvalue weighted by Gasteiger charge is -2.02. The number of hydrogen-bond donors (Lipinski definition) is 1. The van der Waals surface area contributed by atoms with Crippen LogP contribution < -0.4 is 5.56 Å². The molecule has 82 valence electrons. The maximum atomic E-state index is 13.0. The molecule has 2 rings (SSSR count). The number of aromatic nitrogens is 2. The van der Waals surface area contributed by atoms with E-state index in [9.17, 15) is 18.4 Å². The van der Waals surface area contributed by atoms with Gasteiger partial charge < -0.3 is 0 Å². The Hall–Kier alpha value is -2.11. The van der Waals surface area contributed by atoms with Crippen molar-refractivity contribution in [3.05, 3.63) is 39.8 Å². The van der Waals surface area contributed by atoms with Gasteiger partial charge in [0.15, 0.2) is 17.4 Å². The number of rotatable bonds is 1. The van der Waals surface area contributed by atoms with Gasteiger partial charge >= 0.3 is 0 Å². The third-order valence-electron chi connectivity index (χ3n) is 2.16. The third-order valence-corrected chi connectivity index (χ3v) is 2.16. The minimum absolute atomic E-state index is 0.00940. The summed E-state index contributed by atoms with van der Waals surface area (Å²) in [6, 6.07) is 1.54. The highest BCUT2D eigenvalue weighted by atomic mass is 19.2. The number of ketones is 1. The molecule has 0 bridgehead atoms. The smallest absolute Gasteiger partial charge is 0.272 e. The second-order valence-electron chi connectivity index (χ2n) is 3.27. The summed E-state index contributed by atoms with van der Waals surface area (Å²) in [5.74, 6) is -2.70. The lowest BCUT2D eigenvalue weighted by molar-refractivity contribution is 0.101. The standard InChI is InChI=1S/C10H6F2N2O2/c1-4(15)9-5-2-7(11)8(12)3-6(5)10(16)14-13-9/h2-3H,1H3,(H,14,16). The number of hydrogen-bond acceptors (Lipinski definition) is 3. The predicted octanol–water partition coefficient (Wildman–Crippen LogP) is 1.40. The fraction of sp³-hybridized carbons (Fsp3) is 0.100. The molecule has 0 aliphatic carbocycles. The maximum absolute atomic E-state index is 13.0. The van der Waals surface area contributed by atoms with Crippen molar-refractivity contribution in [3.8, 4) is 0 Å². The zero-order valence-electron chi connectivity index (χ0n) is 8.17. The molecule has 2 aromatic rings. The Morgan fingerprint density at radius 3 is 2.38 bits per heavy atom. The van der Waals surface area contributed by atoms with Crippen LogP contribution in [0.15, 0.2) is 16.9 Å². The lowest BCUT2D eigenvalue weighted by Crippen LogP contribution is -2.13. The van der Waals surface area contributed by atoms with Crippen LogP contribution in [0.1, 0.15) is 17.4 Å². The second-order valence-corrected chi connectivity index (χ2v) is 3.27. The topological polar surface area (TPSA) is 62.8 Å². The number of H-pyrrole nitrogens is 1. The Morgan fingerprint density at radius 1 is 1.25 bits per heavy atom. The van der Waals surface area contributed by atoms with Crippen LogP contribution in [0.3, 0.4) is 0 Å². The van der Waals surface area contributed by atoms with Crippen molar-refractivity contribution in [1.29, 1.82) is 0 Å². The van der Waals surface area contributed by atoms with Crippen molar-refractivity contribution in [2.75, 3.05) is 0 Å². The van der Waals surface area contributed by atoms with Crippen molar-refractivity contribution < 1.29 is 13.6 Å². The van der Waals surface area contributed by atoms with Gasteiger partial charge in [-0.2, -0.15) is 5.10 Å². The SMILES string of the molecule is CC(=O)c1n[nH]c(=O)c2cc(F)c(F)cc12. The molecule has 0 atom stereocenters. The summed E-state index contributed by atoms with van der Waals surface area (Å²) in [7, 11) is 0. The number of halogens is 2. The average molecular weight is 224 g/mol. The molecule has 0 radical (unpaired) electrons. The third kappa shape index (κ3) is 1.48. The Labute approximate surface area is 87.9 Å². The summed E-state index contributed by atoms with van der Waals surface area (Å²) >= 11 is 0. The van der Waals surface area contributed by atoms with Crippen molar-refractivity contribution >= 4 is 16.6 Å². The molecule has 1 aromatic heterocycles.